The van der Waals surface area contributed by atoms with Crippen LogP contribution in [0.25, 0.3) is 0 Å². The van der Waals surface area contributed by atoms with Gasteiger partial charge in [0.1, 0.15) is 0 Å². The molecule has 2 nitrogen and oxygen atoms in total. The standard InChI is InChI=1S/C14H23IO2/c1-2-3-10-13-17-14(16)11-8-6-4-5-7-9-12-15/h1H,3-13H2. The van der Waals surface area contributed by atoms with E-state index >= 15 is 0 Å². The molecule has 3 heteroatoms. The average molecular weight is 350 g/mol. The molecule has 0 spiro atoms. The summed E-state index contributed by atoms with van der Waals surface area (Å²) in [5.41, 5.74) is 0. The highest BCUT2D eigenvalue weighted by Crippen LogP contribution is 2.08. The van der Waals surface area contributed by atoms with Gasteiger partial charge in [-0.1, -0.05) is 48.3 Å². The molecule has 98 valence electrons. The van der Waals surface area contributed by atoms with E-state index in [0.717, 1.165) is 19.3 Å². The minimum Gasteiger partial charge on any atom is -0.466 e. The second-order valence-electron chi connectivity index (χ2n) is 4.09. The lowest BCUT2D eigenvalue weighted by molar-refractivity contribution is -0.143. The van der Waals surface area contributed by atoms with Gasteiger partial charge in [-0.15, -0.1) is 12.3 Å². The number of rotatable bonds is 11. The highest BCUT2D eigenvalue weighted by molar-refractivity contribution is 14.1. The van der Waals surface area contributed by atoms with Gasteiger partial charge in [0.2, 0.25) is 0 Å². The summed E-state index contributed by atoms with van der Waals surface area (Å²) in [5, 5.41) is 0. The number of carbonyl (C=O) groups excluding carboxylic acids is 1. The van der Waals surface area contributed by atoms with Crippen LogP contribution >= 0.6 is 22.6 Å². The Morgan fingerprint density at radius 1 is 1.06 bits per heavy atom. The Morgan fingerprint density at radius 2 is 1.71 bits per heavy atom. The van der Waals surface area contributed by atoms with E-state index in [1.165, 1.54) is 30.1 Å². The maximum atomic E-state index is 11.3. The van der Waals surface area contributed by atoms with Gasteiger partial charge in [0.05, 0.1) is 6.61 Å². The molecule has 0 aromatic carbocycles. The van der Waals surface area contributed by atoms with Gasteiger partial charge < -0.3 is 4.74 Å². The van der Waals surface area contributed by atoms with Crippen molar-refractivity contribution in [2.24, 2.45) is 0 Å². The topological polar surface area (TPSA) is 26.3 Å². The van der Waals surface area contributed by atoms with Crippen LogP contribution in [0.15, 0.2) is 0 Å². The van der Waals surface area contributed by atoms with E-state index in [-0.39, 0.29) is 5.97 Å². The summed E-state index contributed by atoms with van der Waals surface area (Å²) in [7, 11) is 0. The normalized spacial score (nSPS) is 9.88. The zero-order chi connectivity index (χ0) is 12.8. The van der Waals surface area contributed by atoms with Crippen LogP contribution in [0.4, 0.5) is 0 Å². The molecule has 0 unspecified atom stereocenters. The first-order valence-electron chi connectivity index (χ1n) is 6.46. The number of unbranched alkanes of at least 4 members (excludes halogenated alkanes) is 6. The molecule has 0 aromatic rings. The van der Waals surface area contributed by atoms with Crippen LogP contribution in [0.1, 0.15) is 57.8 Å². The molecule has 17 heavy (non-hydrogen) atoms. The van der Waals surface area contributed by atoms with Crippen molar-refractivity contribution in [3.8, 4) is 12.3 Å². The van der Waals surface area contributed by atoms with Gasteiger partial charge in [0.25, 0.3) is 0 Å². The van der Waals surface area contributed by atoms with Crippen LogP contribution in [0.3, 0.4) is 0 Å². The van der Waals surface area contributed by atoms with Gasteiger partial charge in [-0.3, -0.25) is 4.79 Å². The summed E-state index contributed by atoms with van der Waals surface area (Å²) < 4.78 is 6.31. The number of esters is 1. The van der Waals surface area contributed by atoms with Crippen LogP contribution in [-0.4, -0.2) is 17.0 Å². The number of ether oxygens (including phenoxy) is 1. The zero-order valence-electron chi connectivity index (χ0n) is 10.5. The highest BCUT2D eigenvalue weighted by Gasteiger charge is 2.01. The van der Waals surface area contributed by atoms with Crippen LogP contribution < -0.4 is 0 Å². The van der Waals surface area contributed by atoms with E-state index in [1.54, 1.807) is 0 Å². The Labute approximate surface area is 119 Å². The average Bonchev–Trinajstić information content (AvgIpc) is 2.33. The molecule has 0 saturated carbocycles. The molecule has 0 atom stereocenters. The minimum absolute atomic E-state index is 0.0747. The Bertz CT molecular complexity index is 221. The fourth-order valence-corrected chi connectivity index (χ4v) is 2.04. The van der Waals surface area contributed by atoms with E-state index < -0.39 is 0 Å². The molecule has 0 rings (SSSR count). The fourth-order valence-electron chi connectivity index (χ4n) is 1.50. The maximum Gasteiger partial charge on any atom is 0.305 e. The second kappa shape index (κ2) is 13.8. The second-order valence-corrected chi connectivity index (χ2v) is 5.17. The van der Waals surface area contributed by atoms with Gasteiger partial charge >= 0.3 is 5.97 Å². The summed E-state index contributed by atoms with van der Waals surface area (Å²) >= 11 is 2.41. The quantitative estimate of drug-likeness (QED) is 0.184. The number of carbonyl (C=O) groups is 1. The number of hydrogen-bond donors (Lipinski definition) is 0. The lowest BCUT2D eigenvalue weighted by atomic mass is 10.1. The van der Waals surface area contributed by atoms with E-state index in [4.69, 9.17) is 11.2 Å². The van der Waals surface area contributed by atoms with E-state index in [9.17, 15) is 4.79 Å². The Morgan fingerprint density at radius 3 is 2.35 bits per heavy atom. The number of alkyl halides is 1. The van der Waals surface area contributed by atoms with Crippen molar-refractivity contribution in [1.82, 2.24) is 0 Å². The molecule has 0 aromatic heterocycles. The lowest BCUT2D eigenvalue weighted by Crippen LogP contribution is -2.05. The molecular weight excluding hydrogens is 327 g/mol. The third-order valence-corrected chi connectivity index (χ3v) is 3.26. The Kier molecular flexibility index (Phi) is 13.6. The summed E-state index contributed by atoms with van der Waals surface area (Å²) in [5.74, 6) is 2.45. The molecule has 0 heterocycles. The van der Waals surface area contributed by atoms with Crippen molar-refractivity contribution < 1.29 is 9.53 Å². The number of halogens is 1. The monoisotopic (exact) mass is 350 g/mol. The van der Waals surface area contributed by atoms with Crippen molar-refractivity contribution in [1.29, 1.82) is 0 Å². The van der Waals surface area contributed by atoms with Crippen LogP contribution in [0.5, 0.6) is 0 Å². The summed E-state index contributed by atoms with van der Waals surface area (Å²) in [4.78, 5) is 11.3. The van der Waals surface area contributed by atoms with Crippen LogP contribution in [0.2, 0.25) is 0 Å². The molecule has 0 saturated heterocycles. The molecule has 0 amide bonds. The van der Waals surface area contributed by atoms with Crippen molar-refractivity contribution in [2.75, 3.05) is 11.0 Å². The van der Waals surface area contributed by atoms with Gasteiger partial charge in [0, 0.05) is 12.8 Å². The summed E-state index contributed by atoms with van der Waals surface area (Å²) in [6.45, 7) is 0.471. The van der Waals surface area contributed by atoms with Gasteiger partial charge in [-0.25, -0.2) is 0 Å². The first-order valence-corrected chi connectivity index (χ1v) is 7.99. The summed E-state index contributed by atoms with van der Waals surface area (Å²) in [6.07, 6.45) is 14.4. The fraction of sp³-hybridized carbons (Fsp3) is 0.786. The molecule has 0 bridgehead atoms. The molecule has 0 radical (unpaired) electrons. The third kappa shape index (κ3) is 13.7. The van der Waals surface area contributed by atoms with Crippen molar-refractivity contribution >= 4 is 28.6 Å². The molecular formula is C14H23IO2. The van der Waals surface area contributed by atoms with E-state index in [0.29, 0.717) is 19.4 Å². The predicted octanol–water partition coefficient (Wildman–Crippen LogP) is 4.11. The maximum absolute atomic E-state index is 11.3. The molecule has 0 aliphatic carbocycles. The first-order chi connectivity index (χ1) is 8.31. The third-order valence-electron chi connectivity index (χ3n) is 2.49. The summed E-state index contributed by atoms with van der Waals surface area (Å²) in [6, 6.07) is 0. The van der Waals surface area contributed by atoms with Crippen molar-refractivity contribution in [3.05, 3.63) is 0 Å². The minimum atomic E-state index is -0.0747. The van der Waals surface area contributed by atoms with E-state index in [1.807, 2.05) is 0 Å². The van der Waals surface area contributed by atoms with Gasteiger partial charge in [-0.2, -0.15) is 0 Å². The molecule has 0 N–H and O–H groups in total. The predicted molar refractivity (Wildman–Crippen MR) is 80.2 cm³/mol. The number of hydrogen-bond acceptors (Lipinski definition) is 2. The largest absolute Gasteiger partial charge is 0.466 e. The SMILES string of the molecule is C#CCCCOC(=O)CCCCCCCCI. The smallest absolute Gasteiger partial charge is 0.305 e. The first kappa shape index (κ1) is 16.8. The Hall–Kier alpha value is -0.240. The van der Waals surface area contributed by atoms with Crippen LogP contribution in [-0.2, 0) is 9.53 Å². The van der Waals surface area contributed by atoms with Gasteiger partial charge in [-0.05, 0) is 23.7 Å². The number of terminal acetylenes is 1. The van der Waals surface area contributed by atoms with E-state index in [2.05, 4.69) is 28.5 Å². The van der Waals surface area contributed by atoms with Crippen molar-refractivity contribution in [3.63, 3.8) is 0 Å². The highest BCUT2D eigenvalue weighted by atomic mass is 127. The molecule has 0 aliphatic heterocycles. The molecule has 0 aliphatic rings. The Balaban J connectivity index is 3.14. The van der Waals surface area contributed by atoms with Gasteiger partial charge in [0.15, 0.2) is 0 Å². The molecule has 0 fully saturated rings. The zero-order valence-corrected chi connectivity index (χ0v) is 12.7. The lowest BCUT2D eigenvalue weighted by Gasteiger charge is -2.03. The van der Waals surface area contributed by atoms with Crippen LogP contribution in [0, 0.1) is 12.3 Å². The van der Waals surface area contributed by atoms with Crippen molar-refractivity contribution in [2.45, 2.75) is 57.8 Å².